The molecule has 4 aliphatic rings. The van der Waals surface area contributed by atoms with Gasteiger partial charge in [-0.3, -0.25) is 14.3 Å². The lowest BCUT2D eigenvalue weighted by molar-refractivity contribution is -0.351. The molecule has 3 fully saturated rings. The summed E-state index contributed by atoms with van der Waals surface area (Å²) in [6.07, 6.45) is -1.48. The number of rotatable bonds is 15. The molecule has 15 nitrogen and oxygen atoms in total. The fourth-order valence-corrected chi connectivity index (χ4v) is 8.51. The van der Waals surface area contributed by atoms with Crippen molar-refractivity contribution in [2.75, 3.05) is 13.1 Å². The van der Waals surface area contributed by atoms with Crippen LogP contribution in [0.3, 0.4) is 0 Å². The van der Waals surface area contributed by atoms with Crippen molar-refractivity contribution in [1.29, 1.82) is 0 Å². The van der Waals surface area contributed by atoms with E-state index in [1.807, 2.05) is 0 Å². The van der Waals surface area contributed by atoms with Crippen LogP contribution in [0.5, 0.6) is 5.88 Å². The minimum Gasteiger partial charge on any atom is -0.472 e. The molecular formula is C38H55F2N5O10S. The monoisotopic (exact) mass is 811 g/mol. The first-order chi connectivity index (χ1) is 25.7. The first-order valence-corrected chi connectivity index (χ1v) is 20.3. The predicted molar refractivity (Wildman–Crippen MR) is 200 cm³/mol. The minimum absolute atomic E-state index is 0.0425. The van der Waals surface area contributed by atoms with Crippen LogP contribution in [0, 0.1) is 10.8 Å². The summed E-state index contributed by atoms with van der Waals surface area (Å²) in [4.78, 5) is 47.3. The van der Waals surface area contributed by atoms with E-state index in [1.54, 1.807) is 61.5 Å². The second-order valence-electron chi connectivity index (χ2n) is 17.7. The molecule has 5 rings (SSSR count). The van der Waals surface area contributed by atoms with Gasteiger partial charge in [0.1, 0.15) is 35.3 Å². The number of ether oxygens (including phenoxy) is 4. The average molecular weight is 812 g/mol. The topological polar surface area (TPSA) is 195 Å². The lowest BCUT2D eigenvalue weighted by Crippen LogP contribution is -2.61. The average Bonchev–Trinajstić information content (AvgIpc) is 3.97. The van der Waals surface area contributed by atoms with Gasteiger partial charge in [-0.15, -0.1) is 15.4 Å². The van der Waals surface area contributed by atoms with Gasteiger partial charge in [0.25, 0.3) is 0 Å². The molecule has 6 atom stereocenters. The van der Waals surface area contributed by atoms with Crippen LogP contribution in [-0.2, 0) is 40.2 Å². The molecule has 312 valence electrons. The summed E-state index contributed by atoms with van der Waals surface area (Å²) >= 11 is 0. The number of nitrogens with one attached hydrogen (secondary N) is 3. The van der Waals surface area contributed by atoms with E-state index in [-0.39, 0.29) is 37.4 Å². The third-order valence-corrected chi connectivity index (χ3v) is 12.5. The minimum atomic E-state index is -3.86. The van der Waals surface area contributed by atoms with Gasteiger partial charge in [-0.05, 0) is 76.5 Å². The molecule has 0 radical (unpaired) electrons. The first kappa shape index (κ1) is 43.3. The van der Waals surface area contributed by atoms with Crippen LogP contribution in [0.4, 0.5) is 13.6 Å². The normalized spacial score (nSPS) is 26.9. The Labute approximate surface area is 327 Å². The Hall–Kier alpha value is -3.87. The zero-order chi connectivity index (χ0) is 41.9. The van der Waals surface area contributed by atoms with Crippen molar-refractivity contribution in [3.8, 4) is 5.88 Å². The lowest BCUT2D eigenvalue weighted by atomic mass is 9.85. The van der Waals surface area contributed by atoms with Gasteiger partial charge < -0.3 is 34.9 Å². The van der Waals surface area contributed by atoms with E-state index in [4.69, 9.17) is 18.9 Å². The fourth-order valence-electron chi connectivity index (χ4n) is 7.04. The highest BCUT2D eigenvalue weighted by atomic mass is 32.2. The zero-order valence-electron chi connectivity index (χ0n) is 33.5. The number of alkyl carbamates (subject to hydrolysis) is 1. The predicted octanol–water partition coefficient (Wildman–Crippen LogP) is 4.11. The molecule has 56 heavy (non-hydrogen) atoms. The number of amides is 3. The zero-order valence-corrected chi connectivity index (χ0v) is 34.3. The summed E-state index contributed by atoms with van der Waals surface area (Å²) in [6.45, 7) is 18.2. The van der Waals surface area contributed by atoms with E-state index in [1.165, 1.54) is 30.2 Å². The highest BCUT2D eigenvalue weighted by Gasteiger charge is 2.68. The van der Waals surface area contributed by atoms with Gasteiger partial charge >= 0.3 is 12.4 Å². The van der Waals surface area contributed by atoms with Gasteiger partial charge in [0, 0.05) is 23.6 Å². The van der Waals surface area contributed by atoms with E-state index in [0.717, 1.165) is 0 Å². The standard InChI is InChI=1S/C38H55F2N5O10S/c1-11-23(52-29-25-18-36(10)26(53-38(39,40)55-36)17-22(25)15-16-41-29)19-45(30(47)28(33(3,4)5)42-32(49)54-34(6,7)8)20-27(46)43-37(21-35(37,9)12-2)31(48)44-56(50,51)24-13-14-24/h12,15-17,23-24,28,31,44,48H,2,11,13-14,18-21H2,1,3-10H3,(H,42,49)(H,43,46)/t23-,28-,31?,35-,36?,37+/m1/s1. The molecule has 1 saturated heterocycles. The van der Waals surface area contributed by atoms with E-state index < -0.39 is 92.0 Å². The Balaban J connectivity index is 1.43. The van der Waals surface area contributed by atoms with Crippen LogP contribution in [0.1, 0.15) is 99.1 Å². The molecule has 1 aromatic heterocycles. The molecule has 1 aliphatic heterocycles. The molecular weight excluding hydrogens is 757 g/mol. The highest BCUT2D eigenvalue weighted by Crippen LogP contribution is 2.58. The fraction of sp³-hybridized carbons (Fsp3) is 0.684. The summed E-state index contributed by atoms with van der Waals surface area (Å²) in [5.41, 5.74) is -4.65. The number of aromatic nitrogens is 1. The maximum Gasteiger partial charge on any atom is 0.536 e. The number of alkyl halides is 2. The summed E-state index contributed by atoms with van der Waals surface area (Å²) in [5, 5.41) is 16.1. The van der Waals surface area contributed by atoms with Crippen molar-refractivity contribution in [2.24, 2.45) is 10.8 Å². The van der Waals surface area contributed by atoms with Gasteiger partial charge in [0.05, 0.1) is 23.9 Å². The number of carbonyl (C=O) groups excluding carboxylic acids is 3. The number of pyridine rings is 1. The van der Waals surface area contributed by atoms with E-state index in [0.29, 0.717) is 24.0 Å². The number of halogens is 2. The van der Waals surface area contributed by atoms with E-state index in [2.05, 4.69) is 26.9 Å². The second kappa shape index (κ2) is 14.8. The number of hydrogen-bond donors (Lipinski definition) is 4. The summed E-state index contributed by atoms with van der Waals surface area (Å²) in [6, 6.07) is 0.412. The van der Waals surface area contributed by atoms with Crippen molar-refractivity contribution in [2.45, 2.75) is 141 Å². The number of nitrogens with zero attached hydrogens (tertiary/aromatic N) is 2. The van der Waals surface area contributed by atoms with Crippen LogP contribution in [-0.4, -0.2) is 101 Å². The van der Waals surface area contributed by atoms with Crippen molar-refractivity contribution >= 4 is 34.0 Å². The maximum atomic E-state index is 14.6. The number of sulfonamides is 1. The van der Waals surface area contributed by atoms with Crippen molar-refractivity contribution in [1.82, 2.24) is 25.2 Å². The molecule has 1 aromatic rings. The van der Waals surface area contributed by atoms with Crippen molar-refractivity contribution in [3.05, 3.63) is 41.8 Å². The summed E-state index contributed by atoms with van der Waals surface area (Å²) < 4.78 is 77.7. The summed E-state index contributed by atoms with van der Waals surface area (Å²) in [5.74, 6) is -1.33. The number of aliphatic hydroxyl groups excluding tert-OH is 1. The quantitative estimate of drug-likeness (QED) is 0.147. The summed E-state index contributed by atoms with van der Waals surface area (Å²) in [7, 11) is -3.86. The molecule has 0 aromatic carbocycles. The SMILES string of the molecule is C=C[C@]1(C)C[C@]1(NC(=O)CN(C[C@@H](CC)Oc1nccc2c1CC1(C)OC(F)(F)OC1=C2)C(=O)[C@@H](NC(=O)OC(C)(C)C)C(C)(C)C)C(O)NS(=O)(=O)C1CC1. The Bertz CT molecular complexity index is 1880. The molecule has 2 heterocycles. The van der Waals surface area contributed by atoms with Gasteiger partial charge in [0.15, 0.2) is 0 Å². The molecule has 3 amide bonds. The Morgan fingerprint density at radius 2 is 1.84 bits per heavy atom. The van der Waals surface area contributed by atoms with Crippen LogP contribution >= 0.6 is 0 Å². The number of hydrogen-bond acceptors (Lipinski definition) is 11. The molecule has 18 heteroatoms. The molecule has 3 aliphatic carbocycles. The van der Waals surface area contributed by atoms with Gasteiger partial charge in [-0.1, -0.05) is 40.7 Å². The Morgan fingerprint density at radius 3 is 2.39 bits per heavy atom. The Kier molecular flexibility index (Phi) is 11.4. The van der Waals surface area contributed by atoms with Gasteiger partial charge in [-0.25, -0.2) is 18.2 Å². The van der Waals surface area contributed by atoms with Crippen LogP contribution < -0.4 is 20.1 Å². The highest BCUT2D eigenvalue weighted by molar-refractivity contribution is 7.90. The molecule has 4 N–H and O–H groups in total. The lowest BCUT2D eigenvalue weighted by Gasteiger charge is -2.37. The molecule has 2 unspecified atom stereocenters. The molecule has 0 spiro atoms. The third-order valence-electron chi connectivity index (χ3n) is 10.6. The van der Waals surface area contributed by atoms with Crippen molar-refractivity contribution in [3.63, 3.8) is 0 Å². The first-order valence-electron chi connectivity index (χ1n) is 18.7. The van der Waals surface area contributed by atoms with Gasteiger partial charge in [0.2, 0.25) is 27.7 Å². The second-order valence-corrected chi connectivity index (χ2v) is 19.7. The van der Waals surface area contributed by atoms with Crippen LogP contribution in [0.2, 0.25) is 0 Å². The molecule has 0 bridgehead atoms. The van der Waals surface area contributed by atoms with Crippen LogP contribution in [0.25, 0.3) is 6.08 Å². The number of aliphatic hydroxyl groups is 1. The van der Waals surface area contributed by atoms with E-state index in [9.17, 15) is 36.7 Å². The third kappa shape index (κ3) is 9.29. The molecule has 2 saturated carbocycles. The smallest absolute Gasteiger partial charge is 0.472 e. The maximum absolute atomic E-state index is 14.6. The van der Waals surface area contributed by atoms with Crippen LogP contribution in [0.15, 0.2) is 30.7 Å². The number of carbonyl (C=O) groups is 3. The largest absolute Gasteiger partial charge is 0.536 e. The Morgan fingerprint density at radius 1 is 1.18 bits per heavy atom. The van der Waals surface area contributed by atoms with Crippen molar-refractivity contribution < 1.29 is 55.6 Å². The van der Waals surface area contributed by atoms with E-state index >= 15 is 0 Å². The van der Waals surface area contributed by atoms with Gasteiger partial charge in [-0.2, -0.15) is 4.72 Å². The number of fused-ring (bicyclic) bond motifs is 2.